The molecule has 0 fully saturated rings. The minimum Gasteiger partial charge on any atom is -0.497 e. The highest BCUT2D eigenvalue weighted by atomic mass is 32.2. The van der Waals surface area contributed by atoms with E-state index in [0.29, 0.717) is 5.76 Å². The molecule has 0 spiro atoms. The van der Waals surface area contributed by atoms with Crippen molar-refractivity contribution < 1.29 is 22.5 Å². The zero-order chi connectivity index (χ0) is 17.7. The van der Waals surface area contributed by atoms with Gasteiger partial charge in [0, 0.05) is 12.6 Å². The monoisotopic (exact) mass is 353 g/mol. The fourth-order valence-electron chi connectivity index (χ4n) is 1.97. The largest absolute Gasteiger partial charge is 0.497 e. The highest BCUT2D eigenvalue weighted by Crippen LogP contribution is 2.16. The first-order chi connectivity index (χ1) is 11.3. The number of aromatic nitrogens is 1. The Morgan fingerprint density at radius 1 is 1.33 bits per heavy atom. The van der Waals surface area contributed by atoms with E-state index < -0.39 is 15.9 Å². The van der Waals surface area contributed by atoms with Crippen molar-refractivity contribution in [2.24, 2.45) is 0 Å². The molecule has 9 heteroatoms. The Labute approximate surface area is 140 Å². The van der Waals surface area contributed by atoms with Crippen LogP contribution in [0.25, 0.3) is 0 Å². The molecule has 1 aromatic heterocycles. The first kappa shape index (κ1) is 17.8. The van der Waals surface area contributed by atoms with Crippen LogP contribution >= 0.6 is 0 Å². The van der Waals surface area contributed by atoms with Gasteiger partial charge in [0.15, 0.2) is 5.82 Å². The average molecular weight is 353 g/mol. The molecule has 0 aliphatic rings. The minimum absolute atomic E-state index is 0.0783. The van der Waals surface area contributed by atoms with E-state index >= 15 is 0 Å². The lowest BCUT2D eigenvalue weighted by atomic mass is 10.2. The highest BCUT2D eigenvalue weighted by molar-refractivity contribution is 7.92. The first-order valence-corrected chi connectivity index (χ1v) is 8.95. The fourth-order valence-corrected chi connectivity index (χ4v) is 2.75. The van der Waals surface area contributed by atoms with Crippen molar-refractivity contribution in [1.82, 2.24) is 10.5 Å². The van der Waals surface area contributed by atoms with Crippen LogP contribution in [0.1, 0.15) is 11.3 Å². The number of anilines is 1. The van der Waals surface area contributed by atoms with Crippen LogP contribution in [-0.2, 0) is 21.4 Å². The van der Waals surface area contributed by atoms with Crippen LogP contribution in [0.3, 0.4) is 0 Å². The second-order valence-electron chi connectivity index (χ2n) is 5.19. The SMILES string of the molecule is COc1ccc(CNC(=O)CN(c2cc(C)on2)S(C)(=O)=O)cc1. The number of hydrogen-bond acceptors (Lipinski definition) is 6. The van der Waals surface area contributed by atoms with Crippen LogP contribution in [0.15, 0.2) is 34.9 Å². The van der Waals surface area contributed by atoms with Crippen LogP contribution < -0.4 is 14.4 Å². The van der Waals surface area contributed by atoms with Crippen molar-refractivity contribution in [1.29, 1.82) is 0 Å². The Morgan fingerprint density at radius 3 is 2.50 bits per heavy atom. The quantitative estimate of drug-likeness (QED) is 0.799. The van der Waals surface area contributed by atoms with E-state index in [1.807, 2.05) is 12.1 Å². The molecule has 0 saturated heterocycles. The maximum Gasteiger partial charge on any atom is 0.241 e. The third-order valence-electron chi connectivity index (χ3n) is 3.21. The van der Waals surface area contributed by atoms with E-state index in [2.05, 4.69) is 10.5 Å². The molecule has 0 unspecified atom stereocenters. The van der Waals surface area contributed by atoms with Gasteiger partial charge in [-0.25, -0.2) is 12.7 Å². The molecule has 8 nitrogen and oxygen atoms in total. The van der Waals surface area contributed by atoms with Gasteiger partial charge in [0.25, 0.3) is 0 Å². The maximum atomic E-state index is 12.1. The van der Waals surface area contributed by atoms with Gasteiger partial charge >= 0.3 is 0 Å². The van der Waals surface area contributed by atoms with Crippen molar-refractivity contribution in [3.63, 3.8) is 0 Å². The lowest BCUT2D eigenvalue weighted by molar-refractivity contribution is -0.119. The molecule has 0 bridgehead atoms. The predicted octanol–water partition coefficient (Wildman–Crippen LogP) is 1.07. The summed E-state index contributed by atoms with van der Waals surface area (Å²) in [6.45, 7) is 1.54. The van der Waals surface area contributed by atoms with Gasteiger partial charge < -0.3 is 14.6 Å². The summed E-state index contributed by atoms with van der Waals surface area (Å²) in [6, 6.07) is 8.64. The van der Waals surface area contributed by atoms with E-state index in [0.717, 1.165) is 21.9 Å². The normalized spacial score (nSPS) is 11.1. The van der Waals surface area contributed by atoms with Crippen molar-refractivity contribution in [2.45, 2.75) is 13.5 Å². The number of benzene rings is 1. The van der Waals surface area contributed by atoms with Gasteiger partial charge in [0.1, 0.15) is 18.1 Å². The van der Waals surface area contributed by atoms with Crippen LogP contribution in [0, 0.1) is 6.92 Å². The lowest BCUT2D eigenvalue weighted by Gasteiger charge is -2.18. The molecule has 0 atom stereocenters. The molecule has 130 valence electrons. The molecule has 1 N–H and O–H groups in total. The van der Waals surface area contributed by atoms with Crippen molar-refractivity contribution in [3.05, 3.63) is 41.7 Å². The summed E-state index contributed by atoms with van der Waals surface area (Å²) >= 11 is 0. The summed E-state index contributed by atoms with van der Waals surface area (Å²) in [6.07, 6.45) is 1.01. The van der Waals surface area contributed by atoms with Gasteiger partial charge in [0.2, 0.25) is 15.9 Å². The van der Waals surface area contributed by atoms with Crippen LogP contribution in [0.2, 0.25) is 0 Å². The molecule has 1 amide bonds. The summed E-state index contributed by atoms with van der Waals surface area (Å²) in [5.74, 6) is 0.804. The van der Waals surface area contributed by atoms with Gasteiger partial charge in [-0.3, -0.25) is 4.79 Å². The third kappa shape index (κ3) is 4.72. The van der Waals surface area contributed by atoms with Gasteiger partial charge in [0.05, 0.1) is 13.4 Å². The number of ether oxygens (including phenoxy) is 1. The minimum atomic E-state index is -3.66. The summed E-state index contributed by atoms with van der Waals surface area (Å²) < 4.78 is 34.6. The highest BCUT2D eigenvalue weighted by Gasteiger charge is 2.23. The van der Waals surface area contributed by atoms with Crippen molar-refractivity contribution in [3.8, 4) is 5.75 Å². The van der Waals surface area contributed by atoms with E-state index in [-0.39, 0.29) is 18.9 Å². The smallest absolute Gasteiger partial charge is 0.241 e. The predicted molar refractivity (Wildman–Crippen MR) is 88.3 cm³/mol. The molecule has 2 rings (SSSR count). The van der Waals surface area contributed by atoms with E-state index in [9.17, 15) is 13.2 Å². The molecule has 0 saturated carbocycles. The van der Waals surface area contributed by atoms with Crippen LogP contribution in [0.5, 0.6) is 5.75 Å². The average Bonchev–Trinajstić information content (AvgIpc) is 2.96. The van der Waals surface area contributed by atoms with E-state index in [4.69, 9.17) is 9.26 Å². The number of aryl methyl sites for hydroxylation is 1. The summed E-state index contributed by atoms with van der Waals surface area (Å²) in [4.78, 5) is 12.1. The number of nitrogens with one attached hydrogen (secondary N) is 1. The zero-order valence-electron chi connectivity index (χ0n) is 13.6. The topological polar surface area (TPSA) is 102 Å². The van der Waals surface area contributed by atoms with Crippen LogP contribution in [0.4, 0.5) is 5.82 Å². The molecule has 1 heterocycles. The molecule has 2 aromatic rings. The van der Waals surface area contributed by atoms with E-state index in [1.165, 1.54) is 6.07 Å². The van der Waals surface area contributed by atoms with Crippen molar-refractivity contribution in [2.75, 3.05) is 24.2 Å². The standard InChI is InChI=1S/C15H19N3O5S/c1-11-8-14(17-23-11)18(24(3,20)21)10-15(19)16-9-12-4-6-13(22-2)7-5-12/h4-8H,9-10H2,1-3H3,(H,16,19). The molecule has 24 heavy (non-hydrogen) atoms. The number of hydrogen-bond donors (Lipinski definition) is 1. The summed E-state index contributed by atoms with van der Waals surface area (Å²) in [7, 11) is -2.09. The Kier molecular flexibility index (Phi) is 5.45. The Hall–Kier alpha value is -2.55. The molecule has 0 radical (unpaired) electrons. The molecule has 0 aliphatic carbocycles. The van der Waals surface area contributed by atoms with Crippen LogP contribution in [-0.4, -0.2) is 39.4 Å². The summed E-state index contributed by atoms with van der Waals surface area (Å²) in [5.41, 5.74) is 0.868. The fraction of sp³-hybridized carbons (Fsp3) is 0.333. The third-order valence-corrected chi connectivity index (χ3v) is 4.32. The Balaban J connectivity index is 2.00. The molecular weight excluding hydrogens is 334 g/mol. The number of sulfonamides is 1. The summed E-state index contributed by atoms with van der Waals surface area (Å²) in [5, 5.41) is 6.32. The Bertz CT molecular complexity index is 799. The zero-order valence-corrected chi connectivity index (χ0v) is 14.5. The second-order valence-corrected chi connectivity index (χ2v) is 7.10. The number of carbonyl (C=O) groups is 1. The van der Waals surface area contributed by atoms with Gasteiger partial charge in [-0.15, -0.1) is 0 Å². The second kappa shape index (κ2) is 7.35. The molecule has 0 aliphatic heterocycles. The number of rotatable bonds is 7. The van der Waals surface area contributed by atoms with Crippen molar-refractivity contribution >= 4 is 21.7 Å². The number of amides is 1. The molecular formula is C15H19N3O5S. The lowest BCUT2D eigenvalue weighted by Crippen LogP contribution is -2.40. The first-order valence-electron chi connectivity index (χ1n) is 7.10. The molecule has 1 aromatic carbocycles. The van der Waals surface area contributed by atoms with Gasteiger partial charge in [-0.1, -0.05) is 17.3 Å². The maximum absolute atomic E-state index is 12.1. The number of nitrogens with zero attached hydrogens (tertiary/aromatic N) is 2. The number of methoxy groups -OCH3 is 1. The van der Waals surface area contributed by atoms with Gasteiger partial charge in [-0.2, -0.15) is 0 Å². The van der Waals surface area contributed by atoms with E-state index in [1.54, 1.807) is 26.2 Å². The Morgan fingerprint density at radius 2 is 2.00 bits per heavy atom. The van der Waals surface area contributed by atoms with Gasteiger partial charge in [-0.05, 0) is 24.6 Å². The number of carbonyl (C=O) groups excluding carboxylic acids is 1.